The molecule has 1 aromatic heterocycles. The van der Waals surface area contributed by atoms with Crippen LogP contribution < -0.4 is 5.73 Å². The summed E-state index contributed by atoms with van der Waals surface area (Å²) in [7, 11) is 0. The number of nitrogens with two attached hydrogens (primary N) is 1. The van der Waals surface area contributed by atoms with Crippen molar-refractivity contribution in [3.63, 3.8) is 0 Å². The molecule has 0 aliphatic heterocycles. The molecule has 0 saturated carbocycles. The predicted octanol–water partition coefficient (Wildman–Crippen LogP) is 2.63. The summed E-state index contributed by atoms with van der Waals surface area (Å²) < 4.78 is 9.18. The standard InChI is InChI=1S/C11H18N2O2S/c1-7-8(9(12)16-13-7)10(14)15-6-5-11(2,3)4/h5-6,12H2,1-4H3. The van der Waals surface area contributed by atoms with E-state index in [0.29, 0.717) is 22.9 Å². The SMILES string of the molecule is Cc1nsc(N)c1C(=O)OCCC(C)(C)C. The third-order valence-electron chi connectivity index (χ3n) is 2.18. The second-order valence-electron chi connectivity index (χ2n) is 4.95. The van der Waals surface area contributed by atoms with Crippen molar-refractivity contribution in [2.75, 3.05) is 12.3 Å². The van der Waals surface area contributed by atoms with Gasteiger partial charge in [-0.15, -0.1) is 0 Å². The Bertz CT molecular complexity index is 360. The van der Waals surface area contributed by atoms with Crippen LogP contribution in [0.2, 0.25) is 0 Å². The van der Waals surface area contributed by atoms with Gasteiger partial charge in [0, 0.05) is 0 Å². The van der Waals surface area contributed by atoms with Gasteiger partial charge in [-0.2, -0.15) is 4.37 Å². The Morgan fingerprint density at radius 3 is 2.56 bits per heavy atom. The molecule has 0 fully saturated rings. The number of nitrogens with zero attached hydrogens (tertiary/aromatic N) is 1. The lowest BCUT2D eigenvalue weighted by Gasteiger charge is -2.17. The summed E-state index contributed by atoms with van der Waals surface area (Å²) in [6.45, 7) is 8.48. The first-order valence-corrected chi connectivity index (χ1v) is 5.97. The van der Waals surface area contributed by atoms with Gasteiger partial charge in [-0.25, -0.2) is 4.79 Å². The third-order valence-corrected chi connectivity index (χ3v) is 2.94. The number of esters is 1. The molecule has 5 heteroatoms. The van der Waals surface area contributed by atoms with Gasteiger partial charge in [-0.1, -0.05) is 20.8 Å². The smallest absolute Gasteiger partial charge is 0.343 e. The molecule has 0 aliphatic rings. The Hall–Kier alpha value is -1.10. The van der Waals surface area contributed by atoms with Gasteiger partial charge in [0.2, 0.25) is 0 Å². The lowest BCUT2D eigenvalue weighted by Crippen LogP contribution is -2.14. The average molecular weight is 242 g/mol. The van der Waals surface area contributed by atoms with E-state index in [9.17, 15) is 4.79 Å². The van der Waals surface area contributed by atoms with Crippen molar-refractivity contribution >= 4 is 22.5 Å². The molecule has 1 rings (SSSR count). The molecule has 1 heterocycles. The molecule has 0 spiro atoms. The quantitative estimate of drug-likeness (QED) is 0.827. The topological polar surface area (TPSA) is 65.2 Å². The first kappa shape index (κ1) is 13.0. The third kappa shape index (κ3) is 3.48. The van der Waals surface area contributed by atoms with Crippen molar-refractivity contribution in [2.24, 2.45) is 5.41 Å². The number of aromatic nitrogens is 1. The van der Waals surface area contributed by atoms with E-state index in [4.69, 9.17) is 10.5 Å². The number of carbonyl (C=O) groups excluding carboxylic acids is 1. The van der Waals surface area contributed by atoms with Crippen molar-refractivity contribution in [3.8, 4) is 0 Å². The van der Waals surface area contributed by atoms with Crippen LogP contribution in [0.4, 0.5) is 5.00 Å². The van der Waals surface area contributed by atoms with Gasteiger partial charge in [0.25, 0.3) is 0 Å². The minimum Gasteiger partial charge on any atom is -0.462 e. The number of hydrogen-bond acceptors (Lipinski definition) is 5. The number of rotatable bonds is 3. The zero-order valence-corrected chi connectivity index (χ0v) is 11.0. The Morgan fingerprint density at radius 2 is 2.12 bits per heavy atom. The lowest BCUT2D eigenvalue weighted by atomic mass is 9.93. The Labute approximate surface area is 100.0 Å². The molecule has 0 saturated heterocycles. The summed E-state index contributed by atoms with van der Waals surface area (Å²) in [6, 6.07) is 0. The highest BCUT2D eigenvalue weighted by atomic mass is 32.1. The van der Waals surface area contributed by atoms with Crippen LogP contribution in [-0.4, -0.2) is 16.9 Å². The van der Waals surface area contributed by atoms with Gasteiger partial charge >= 0.3 is 5.97 Å². The second-order valence-corrected chi connectivity index (χ2v) is 5.76. The van der Waals surface area contributed by atoms with Crippen LogP contribution in [0.1, 0.15) is 43.2 Å². The van der Waals surface area contributed by atoms with E-state index in [0.717, 1.165) is 18.0 Å². The average Bonchev–Trinajstić information content (AvgIpc) is 2.43. The molecular formula is C11H18N2O2S. The summed E-state index contributed by atoms with van der Waals surface area (Å²) >= 11 is 1.13. The fourth-order valence-electron chi connectivity index (χ4n) is 1.16. The molecule has 0 radical (unpaired) electrons. The van der Waals surface area contributed by atoms with Crippen molar-refractivity contribution < 1.29 is 9.53 Å². The molecule has 0 atom stereocenters. The Kier molecular flexibility index (Phi) is 3.91. The molecular weight excluding hydrogens is 224 g/mol. The van der Waals surface area contributed by atoms with E-state index < -0.39 is 0 Å². The van der Waals surface area contributed by atoms with Gasteiger partial charge in [0.05, 0.1) is 12.3 Å². The molecule has 0 amide bonds. The Morgan fingerprint density at radius 1 is 1.50 bits per heavy atom. The highest BCUT2D eigenvalue weighted by Crippen LogP contribution is 2.23. The van der Waals surface area contributed by atoms with Gasteiger partial charge in [0.15, 0.2) is 0 Å². The minimum absolute atomic E-state index is 0.160. The van der Waals surface area contributed by atoms with Gasteiger partial charge < -0.3 is 10.5 Å². The lowest BCUT2D eigenvalue weighted by molar-refractivity contribution is 0.0465. The maximum atomic E-state index is 11.7. The molecule has 0 unspecified atom stereocenters. The van der Waals surface area contributed by atoms with E-state index >= 15 is 0 Å². The van der Waals surface area contributed by atoms with E-state index in [1.165, 1.54) is 0 Å². The molecule has 16 heavy (non-hydrogen) atoms. The summed E-state index contributed by atoms with van der Waals surface area (Å²) in [5.74, 6) is -0.368. The van der Waals surface area contributed by atoms with Crippen LogP contribution in [0, 0.1) is 12.3 Å². The number of anilines is 1. The maximum absolute atomic E-state index is 11.7. The second kappa shape index (κ2) is 4.82. The molecule has 2 N–H and O–H groups in total. The zero-order chi connectivity index (χ0) is 12.3. The van der Waals surface area contributed by atoms with Crippen LogP contribution in [0.25, 0.3) is 0 Å². The first-order valence-electron chi connectivity index (χ1n) is 5.20. The number of aryl methyl sites for hydroxylation is 1. The van der Waals surface area contributed by atoms with Crippen molar-refractivity contribution in [2.45, 2.75) is 34.1 Å². The van der Waals surface area contributed by atoms with Crippen LogP contribution in [-0.2, 0) is 4.74 Å². The summed E-state index contributed by atoms with van der Waals surface area (Å²) in [5.41, 5.74) is 6.87. The van der Waals surface area contributed by atoms with Crippen molar-refractivity contribution in [1.82, 2.24) is 4.37 Å². The fraction of sp³-hybridized carbons (Fsp3) is 0.636. The summed E-state index contributed by atoms with van der Waals surface area (Å²) in [4.78, 5) is 11.7. The molecule has 0 bridgehead atoms. The summed E-state index contributed by atoms with van der Waals surface area (Å²) in [6.07, 6.45) is 0.829. The molecule has 1 aromatic rings. The number of carbonyl (C=O) groups is 1. The molecule has 4 nitrogen and oxygen atoms in total. The van der Waals surface area contributed by atoms with Gasteiger partial charge in [0.1, 0.15) is 10.6 Å². The minimum atomic E-state index is -0.368. The van der Waals surface area contributed by atoms with Crippen LogP contribution in [0.15, 0.2) is 0 Å². The normalized spacial score (nSPS) is 11.5. The monoisotopic (exact) mass is 242 g/mol. The van der Waals surface area contributed by atoms with Gasteiger partial charge in [-0.3, -0.25) is 0 Å². The number of nitrogen functional groups attached to an aromatic ring is 1. The first-order chi connectivity index (χ1) is 7.31. The predicted molar refractivity (Wildman–Crippen MR) is 65.6 cm³/mol. The number of hydrogen-bond donors (Lipinski definition) is 1. The van der Waals surface area contributed by atoms with E-state index in [-0.39, 0.29) is 11.4 Å². The molecule has 90 valence electrons. The maximum Gasteiger partial charge on any atom is 0.343 e. The van der Waals surface area contributed by atoms with Crippen LogP contribution in [0.5, 0.6) is 0 Å². The van der Waals surface area contributed by atoms with Gasteiger partial charge in [-0.05, 0) is 30.3 Å². The number of ether oxygens (including phenoxy) is 1. The van der Waals surface area contributed by atoms with Crippen molar-refractivity contribution in [3.05, 3.63) is 11.3 Å². The largest absolute Gasteiger partial charge is 0.462 e. The fourth-order valence-corrected chi connectivity index (χ4v) is 1.81. The highest BCUT2D eigenvalue weighted by molar-refractivity contribution is 7.10. The highest BCUT2D eigenvalue weighted by Gasteiger charge is 2.19. The Balaban J connectivity index is 2.54. The van der Waals surface area contributed by atoms with E-state index in [2.05, 4.69) is 25.1 Å². The van der Waals surface area contributed by atoms with Crippen molar-refractivity contribution in [1.29, 1.82) is 0 Å². The zero-order valence-electron chi connectivity index (χ0n) is 10.2. The van der Waals surface area contributed by atoms with Crippen LogP contribution >= 0.6 is 11.5 Å². The van der Waals surface area contributed by atoms with Crippen LogP contribution in [0.3, 0.4) is 0 Å². The van der Waals surface area contributed by atoms with E-state index in [1.54, 1.807) is 6.92 Å². The van der Waals surface area contributed by atoms with E-state index in [1.807, 2.05) is 0 Å². The summed E-state index contributed by atoms with van der Waals surface area (Å²) in [5, 5.41) is 0.429. The molecule has 0 aliphatic carbocycles. The molecule has 0 aromatic carbocycles.